The molecule has 1 atom stereocenters. The van der Waals surface area contributed by atoms with Gasteiger partial charge in [-0.05, 0) is 17.9 Å². The third kappa shape index (κ3) is 2.78. The number of ether oxygens (including phenoxy) is 2. The highest BCUT2D eigenvalue weighted by molar-refractivity contribution is 6.31. The van der Waals surface area contributed by atoms with Crippen LogP contribution in [-0.2, 0) is 11.2 Å². The van der Waals surface area contributed by atoms with Gasteiger partial charge >= 0.3 is 0 Å². The second-order valence-electron chi connectivity index (χ2n) is 4.14. The Morgan fingerprint density at radius 3 is 2.50 bits per heavy atom. The lowest BCUT2D eigenvalue weighted by Gasteiger charge is -2.20. The Labute approximate surface area is 113 Å². The van der Waals surface area contributed by atoms with E-state index in [0.29, 0.717) is 22.9 Å². The van der Waals surface area contributed by atoms with Crippen LogP contribution >= 0.6 is 11.6 Å². The fraction of sp³-hybridized carbons (Fsp3) is 0.500. The number of hydrogen-bond acceptors (Lipinski definition) is 3. The molecule has 1 rings (SSSR count). The summed E-state index contributed by atoms with van der Waals surface area (Å²) in [5.41, 5.74) is 1.99. The number of methoxy groups -OCH3 is 2. The second-order valence-corrected chi connectivity index (χ2v) is 4.55. The number of aldehydes is 1. The second kappa shape index (κ2) is 6.64. The molecule has 18 heavy (non-hydrogen) atoms. The van der Waals surface area contributed by atoms with Crippen molar-refractivity contribution in [1.82, 2.24) is 0 Å². The summed E-state index contributed by atoms with van der Waals surface area (Å²) in [5, 5.41) is 0.624. The molecule has 1 aromatic rings. The highest BCUT2D eigenvalue weighted by Gasteiger charge is 2.21. The molecule has 0 heterocycles. The molecular formula is C14H19ClO3. The fourth-order valence-corrected chi connectivity index (χ4v) is 2.59. The van der Waals surface area contributed by atoms with Gasteiger partial charge in [-0.15, -0.1) is 0 Å². The molecule has 0 bridgehead atoms. The van der Waals surface area contributed by atoms with E-state index in [1.807, 2.05) is 13.8 Å². The summed E-state index contributed by atoms with van der Waals surface area (Å²) in [6.45, 7) is 4.02. The molecule has 1 aromatic carbocycles. The summed E-state index contributed by atoms with van der Waals surface area (Å²) in [4.78, 5) is 10.7. The molecule has 1 unspecified atom stereocenters. The maximum Gasteiger partial charge on any atom is 0.164 e. The zero-order valence-corrected chi connectivity index (χ0v) is 12.0. The zero-order valence-electron chi connectivity index (χ0n) is 11.2. The maximum absolute atomic E-state index is 10.7. The molecule has 100 valence electrons. The van der Waals surface area contributed by atoms with Crippen LogP contribution in [0, 0.1) is 0 Å². The number of halogens is 1. The summed E-state index contributed by atoms with van der Waals surface area (Å²) in [7, 11) is 3.20. The third-order valence-electron chi connectivity index (χ3n) is 3.06. The quantitative estimate of drug-likeness (QED) is 0.741. The Bertz CT molecular complexity index is 430. The predicted molar refractivity (Wildman–Crippen MR) is 73.0 cm³/mol. The molecule has 0 aliphatic heterocycles. The van der Waals surface area contributed by atoms with E-state index in [0.717, 1.165) is 23.8 Å². The molecule has 0 saturated carbocycles. The van der Waals surface area contributed by atoms with Crippen molar-refractivity contribution in [2.75, 3.05) is 14.2 Å². The van der Waals surface area contributed by atoms with Crippen LogP contribution in [0.25, 0.3) is 0 Å². The summed E-state index contributed by atoms with van der Waals surface area (Å²) in [5.74, 6) is 1.41. The normalized spacial score (nSPS) is 12.1. The monoisotopic (exact) mass is 270 g/mol. The SMILES string of the molecule is CCc1c(OC)c(OC)cc(Cl)c1C(C)CC=O. The Hall–Kier alpha value is -1.22. The van der Waals surface area contributed by atoms with Crippen molar-refractivity contribution < 1.29 is 14.3 Å². The van der Waals surface area contributed by atoms with Crippen molar-refractivity contribution in [1.29, 1.82) is 0 Å². The van der Waals surface area contributed by atoms with Crippen LogP contribution in [-0.4, -0.2) is 20.5 Å². The molecule has 0 aliphatic rings. The Balaban J connectivity index is 3.45. The third-order valence-corrected chi connectivity index (χ3v) is 3.37. The fourth-order valence-electron chi connectivity index (χ4n) is 2.19. The number of carbonyl (C=O) groups excluding carboxylic acids is 1. The van der Waals surface area contributed by atoms with Crippen LogP contribution in [0.2, 0.25) is 5.02 Å². The molecule has 0 amide bonds. The van der Waals surface area contributed by atoms with E-state index in [2.05, 4.69) is 0 Å². The van der Waals surface area contributed by atoms with Gasteiger partial charge in [0.15, 0.2) is 11.5 Å². The summed E-state index contributed by atoms with van der Waals surface area (Å²) < 4.78 is 10.7. The Morgan fingerprint density at radius 1 is 1.39 bits per heavy atom. The van der Waals surface area contributed by atoms with Crippen LogP contribution in [0.4, 0.5) is 0 Å². The first-order chi connectivity index (χ1) is 8.60. The van der Waals surface area contributed by atoms with Crippen molar-refractivity contribution in [2.24, 2.45) is 0 Å². The van der Waals surface area contributed by atoms with Crippen molar-refractivity contribution >= 4 is 17.9 Å². The molecular weight excluding hydrogens is 252 g/mol. The zero-order chi connectivity index (χ0) is 13.7. The van der Waals surface area contributed by atoms with E-state index in [1.54, 1.807) is 20.3 Å². The summed E-state index contributed by atoms with van der Waals surface area (Å²) in [6, 6.07) is 1.75. The maximum atomic E-state index is 10.7. The average molecular weight is 271 g/mol. The molecule has 0 radical (unpaired) electrons. The van der Waals surface area contributed by atoms with Crippen molar-refractivity contribution in [2.45, 2.75) is 32.6 Å². The molecule has 0 fully saturated rings. The minimum absolute atomic E-state index is 0.0738. The first-order valence-corrected chi connectivity index (χ1v) is 6.35. The highest BCUT2D eigenvalue weighted by Crippen LogP contribution is 2.42. The van der Waals surface area contributed by atoms with Gasteiger partial charge in [-0.1, -0.05) is 25.4 Å². The van der Waals surface area contributed by atoms with Gasteiger partial charge in [-0.3, -0.25) is 0 Å². The lowest BCUT2D eigenvalue weighted by molar-refractivity contribution is -0.108. The van der Waals surface area contributed by atoms with E-state index >= 15 is 0 Å². The van der Waals surface area contributed by atoms with Crippen molar-refractivity contribution in [3.05, 3.63) is 22.2 Å². The van der Waals surface area contributed by atoms with Gasteiger partial charge in [0.05, 0.1) is 14.2 Å². The lowest BCUT2D eigenvalue weighted by atomic mass is 9.91. The Kier molecular flexibility index (Phi) is 5.48. The molecule has 0 spiro atoms. The van der Waals surface area contributed by atoms with E-state index in [4.69, 9.17) is 21.1 Å². The molecule has 0 saturated heterocycles. The van der Waals surface area contributed by atoms with Gasteiger partial charge in [0, 0.05) is 23.1 Å². The summed E-state index contributed by atoms with van der Waals surface area (Å²) >= 11 is 6.30. The van der Waals surface area contributed by atoms with Crippen LogP contribution < -0.4 is 9.47 Å². The van der Waals surface area contributed by atoms with Gasteiger partial charge in [-0.2, -0.15) is 0 Å². The first-order valence-electron chi connectivity index (χ1n) is 5.97. The van der Waals surface area contributed by atoms with Crippen LogP contribution in [0.5, 0.6) is 11.5 Å². The number of benzene rings is 1. The molecule has 4 heteroatoms. The van der Waals surface area contributed by atoms with Crippen LogP contribution in [0.15, 0.2) is 6.07 Å². The molecule has 3 nitrogen and oxygen atoms in total. The van der Waals surface area contributed by atoms with Crippen molar-refractivity contribution in [3.8, 4) is 11.5 Å². The van der Waals surface area contributed by atoms with Crippen LogP contribution in [0.1, 0.15) is 37.3 Å². The van der Waals surface area contributed by atoms with E-state index in [9.17, 15) is 4.79 Å². The topological polar surface area (TPSA) is 35.5 Å². The van der Waals surface area contributed by atoms with E-state index in [-0.39, 0.29) is 5.92 Å². The minimum Gasteiger partial charge on any atom is -0.493 e. The van der Waals surface area contributed by atoms with E-state index < -0.39 is 0 Å². The van der Waals surface area contributed by atoms with Crippen LogP contribution in [0.3, 0.4) is 0 Å². The van der Waals surface area contributed by atoms with Gasteiger partial charge < -0.3 is 14.3 Å². The summed E-state index contributed by atoms with van der Waals surface area (Å²) in [6.07, 6.45) is 2.14. The van der Waals surface area contributed by atoms with E-state index in [1.165, 1.54) is 0 Å². The number of rotatable bonds is 6. The predicted octanol–water partition coefficient (Wildman–Crippen LogP) is 3.61. The minimum atomic E-state index is 0.0738. The lowest BCUT2D eigenvalue weighted by Crippen LogP contribution is -2.05. The standard InChI is InChI=1S/C14H19ClO3/c1-5-10-13(9(2)6-7-16)11(15)8-12(17-3)14(10)18-4/h7-9H,5-6H2,1-4H3. The van der Waals surface area contributed by atoms with Gasteiger partial charge in [0.1, 0.15) is 6.29 Å². The first kappa shape index (κ1) is 14.8. The smallest absolute Gasteiger partial charge is 0.164 e. The molecule has 0 aliphatic carbocycles. The number of hydrogen-bond donors (Lipinski definition) is 0. The highest BCUT2D eigenvalue weighted by atomic mass is 35.5. The molecule has 0 N–H and O–H groups in total. The van der Waals surface area contributed by atoms with Crippen molar-refractivity contribution in [3.63, 3.8) is 0 Å². The average Bonchev–Trinajstić information content (AvgIpc) is 2.37. The Morgan fingerprint density at radius 2 is 2.06 bits per heavy atom. The largest absolute Gasteiger partial charge is 0.493 e. The number of carbonyl (C=O) groups is 1. The van der Waals surface area contributed by atoms with Gasteiger partial charge in [-0.25, -0.2) is 0 Å². The van der Waals surface area contributed by atoms with Gasteiger partial charge in [0.25, 0.3) is 0 Å². The molecule has 0 aromatic heterocycles. The van der Waals surface area contributed by atoms with Gasteiger partial charge in [0.2, 0.25) is 0 Å².